The Morgan fingerprint density at radius 1 is 1.00 bits per heavy atom. The number of aryl methyl sites for hydroxylation is 1. The molecular formula is C19H22N2O. The molecule has 0 saturated heterocycles. The summed E-state index contributed by atoms with van der Waals surface area (Å²) in [5.74, 6) is 0.111. The summed E-state index contributed by atoms with van der Waals surface area (Å²) < 4.78 is 0. The first kappa shape index (κ1) is 16.1. The minimum atomic E-state index is -0.181. The molecule has 114 valence electrons. The second-order valence-electron chi connectivity index (χ2n) is 6.64. The van der Waals surface area contributed by atoms with Crippen molar-refractivity contribution in [3.8, 4) is 0 Å². The van der Waals surface area contributed by atoms with Crippen molar-refractivity contribution in [2.45, 2.75) is 34.6 Å². The summed E-state index contributed by atoms with van der Waals surface area (Å²) in [4.78, 5) is 12.2. The number of carbonyl (C=O) groups excluding carboxylic acids is 1. The fourth-order valence-electron chi connectivity index (χ4n) is 2.21. The lowest BCUT2D eigenvalue weighted by Gasteiger charge is -2.24. The molecule has 3 nitrogen and oxygen atoms in total. The topological polar surface area (TPSA) is 41.8 Å². The molecule has 0 N–H and O–H groups in total. The van der Waals surface area contributed by atoms with Crippen molar-refractivity contribution in [2.75, 3.05) is 0 Å². The van der Waals surface area contributed by atoms with Crippen LogP contribution in [0.4, 0.5) is 5.69 Å². The van der Waals surface area contributed by atoms with Crippen molar-refractivity contribution >= 4 is 11.5 Å². The van der Waals surface area contributed by atoms with E-state index in [1.165, 1.54) is 5.56 Å². The van der Waals surface area contributed by atoms with Crippen molar-refractivity contribution < 1.29 is 4.79 Å². The van der Waals surface area contributed by atoms with Gasteiger partial charge in [0.25, 0.3) is 0 Å². The minimum Gasteiger partial charge on any atom is -0.289 e. The Bertz CT molecular complexity index is 696. The molecule has 1 aliphatic rings. The van der Waals surface area contributed by atoms with Gasteiger partial charge in [-0.3, -0.25) is 4.79 Å². The fraction of sp³-hybridized carbons (Fsp3) is 0.316. The molecule has 1 aromatic rings. The van der Waals surface area contributed by atoms with Gasteiger partial charge >= 0.3 is 0 Å². The SMILES string of the molecule is CC1=CC(=CN=Nc2ccc(C)cc2)C=C(C(C)(C)C)C1=O. The van der Waals surface area contributed by atoms with Gasteiger partial charge in [0.2, 0.25) is 0 Å². The number of carbonyl (C=O) groups is 1. The third kappa shape index (κ3) is 3.88. The Hall–Kier alpha value is -2.29. The molecule has 3 heteroatoms. The van der Waals surface area contributed by atoms with Crippen LogP contribution in [0, 0.1) is 12.3 Å². The molecule has 0 amide bonds. The Morgan fingerprint density at radius 2 is 1.64 bits per heavy atom. The minimum absolute atomic E-state index is 0.111. The lowest BCUT2D eigenvalue weighted by atomic mass is 9.78. The molecule has 0 aromatic heterocycles. The van der Waals surface area contributed by atoms with E-state index in [4.69, 9.17) is 0 Å². The van der Waals surface area contributed by atoms with Gasteiger partial charge in [0.1, 0.15) is 0 Å². The lowest BCUT2D eigenvalue weighted by molar-refractivity contribution is -0.113. The van der Waals surface area contributed by atoms with E-state index in [0.29, 0.717) is 0 Å². The Labute approximate surface area is 132 Å². The predicted octanol–water partition coefficient (Wildman–Crippen LogP) is 5.46. The fourth-order valence-corrected chi connectivity index (χ4v) is 2.21. The van der Waals surface area contributed by atoms with Crippen LogP contribution in [0.15, 0.2) is 69.6 Å². The van der Waals surface area contributed by atoms with E-state index in [1.807, 2.05) is 71.0 Å². The maximum Gasteiger partial charge on any atom is 0.185 e. The third-order valence-electron chi connectivity index (χ3n) is 3.52. The maximum absolute atomic E-state index is 12.2. The molecule has 22 heavy (non-hydrogen) atoms. The van der Waals surface area contributed by atoms with Gasteiger partial charge in [-0.2, -0.15) is 10.2 Å². The van der Waals surface area contributed by atoms with E-state index in [2.05, 4.69) is 10.2 Å². The Balaban J connectivity index is 2.25. The molecule has 0 saturated carbocycles. The maximum atomic E-state index is 12.2. The number of ketones is 1. The van der Waals surface area contributed by atoms with Gasteiger partial charge in [-0.1, -0.05) is 38.5 Å². The van der Waals surface area contributed by atoms with Crippen LogP contribution < -0.4 is 0 Å². The molecular weight excluding hydrogens is 272 g/mol. The van der Waals surface area contributed by atoms with Gasteiger partial charge in [-0.15, -0.1) is 0 Å². The van der Waals surface area contributed by atoms with E-state index < -0.39 is 0 Å². The summed E-state index contributed by atoms with van der Waals surface area (Å²) in [5.41, 5.74) is 4.28. The summed E-state index contributed by atoms with van der Waals surface area (Å²) in [7, 11) is 0. The molecule has 0 atom stereocenters. The van der Waals surface area contributed by atoms with Crippen molar-refractivity contribution in [3.63, 3.8) is 0 Å². The first-order chi connectivity index (χ1) is 10.3. The van der Waals surface area contributed by atoms with Crippen LogP contribution in [0.5, 0.6) is 0 Å². The molecule has 1 aromatic carbocycles. The second-order valence-corrected chi connectivity index (χ2v) is 6.64. The van der Waals surface area contributed by atoms with Crippen molar-refractivity contribution in [2.24, 2.45) is 15.6 Å². The zero-order valence-electron chi connectivity index (χ0n) is 13.8. The summed E-state index contributed by atoms with van der Waals surface area (Å²) in [6.45, 7) is 10.0. The molecule has 0 spiro atoms. The average molecular weight is 294 g/mol. The highest BCUT2D eigenvalue weighted by atomic mass is 16.1. The van der Waals surface area contributed by atoms with Crippen LogP contribution in [0.2, 0.25) is 0 Å². The number of allylic oxidation sites excluding steroid dienone is 5. The molecule has 0 bridgehead atoms. The van der Waals surface area contributed by atoms with E-state index in [-0.39, 0.29) is 11.2 Å². The highest BCUT2D eigenvalue weighted by Gasteiger charge is 2.27. The lowest BCUT2D eigenvalue weighted by Crippen LogP contribution is -2.21. The van der Waals surface area contributed by atoms with Gasteiger partial charge in [0, 0.05) is 5.57 Å². The molecule has 0 heterocycles. The standard InChI is InChI=1S/C19H22N2O/c1-13-6-8-16(9-7-13)21-20-12-15-10-14(2)18(22)17(11-15)19(3,4)5/h6-12H,1-5H3. The third-order valence-corrected chi connectivity index (χ3v) is 3.52. The van der Waals surface area contributed by atoms with E-state index in [9.17, 15) is 4.79 Å². The molecule has 2 rings (SSSR count). The first-order valence-corrected chi connectivity index (χ1v) is 7.40. The van der Waals surface area contributed by atoms with Gasteiger partial charge < -0.3 is 0 Å². The number of nitrogens with zero attached hydrogens (tertiary/aromatic N) is 2. The van der Waals surface area contributed by atoms with E-state index in [0.717, 1.165) is 22.4 Å². The van der Waals surface area contributed by atoms with E-state index >= 15 is 0 Å². The Morgan fingerprint density at radius 3 is 2.23 bits per heavy atom. The van der Waals surface area contributed by atoms with Gasteiger partial charge in [0.05, 0.1) is 11.9 Å². The summed E-state index contributed by atoms with van der Waals surface area (Å²) in [6.07, 6.45) is 5.46. The monoisotopic (exact) mass is 294 g/mol. The van der Waals surface area contributed by atoms with Crippen LogP contribution >= 0.6 is 0 Å². The first-order valence-electron chi connectivity index (χ1n) is 7.40. The summed E-state index contributed by atoms with van der Waals surface area (Å²) >= 11 is 0. The number of hydrogen-bond donors (Lipinski definition) is 0. The molecule has 1 aliphatic carbocycles. The number of azo groups is 1. The van der Waals surface area contributed by atoms with Crippen LogP contribution in [-0.2, 0) is 4.79 Å². The van der Waals surface area contributed by atoms with Crippen molar-refractivity contribution in [1.29, 1.82) is 0 Å². The highest BCUT2D eigenvalue weighted by molar-refractivity contribution is 6.10. The second kappa shape index (κ2) is 6.22. The number of hydrogen-bond acceptors (Lipinski definition) is 3. The van der Waals surface area contributed by atoms with Crippen LogP contribution in [0.3, 0.4) is 0 Å². The predicted molar refractivity (Wildman–Crippen MR) is 90.1 cm³/mol. The average Bonchev–Trinajstić information content (AvgIpc) is 2.43. The molecule has 0 aliphatic heterocycles. The van der Waals surface area contributed by atoms with Crippen molar-refractivity contribution in [3.05, 3.63) is 64.9 Å². The van der Waals surface area contributed by atoms with Crippen LogP contribution in [0.1, 0.15) is 33.3 Å². The zero-order valence-corrected chi connectivity index (χ0v) is 13.8. The Kier molecular flexibility index (Phi) is 4.55. The summed E-state index contributed by atoms with van der Waals surface area (Å²) in [6, 6.07) is 7.86. The normalized spacial score (nSPS) is 17.9. The van der Waals surface area contributed by atoms with Crippen LogP contribution in [0.25, 0.3) is 0 Å². The summed E-state index contributed by atoms with van der Waals surface area (Å²) in [5, 5.41) is 8.31. The molecule has 0 fully saturated rings. The smallest absolute Gasteiger partial charge is 0.185 e. The zero-order chi connectivity index (χ0) is 16.3. The number of benzene rings is 1. The molecule has 0 unspecified atom stereocenters. The van der Waals surface area contributed by atoms with E-state index in [1.54, 1.807) is 6.20 Å². The molecule has 0 radical (unpaired) electrons. The number of Topliss-reactive ketones (excluding diaryl/α,β-unsaturated/α-hetero) is 1. The number of rotatable bonds is 2. The van der Waals surface area contributed by atoms with Crippen molar-refractivity contribution in [1.82, 2.24) is 0 Å². The quantitative estimate of drug-likeness (QED) is 0.667. The largest absolute Gasteiger partial charge is 0.289 e. The van der Waals surface area contributed by atoms with Crippen LogP contribution in [-0.4, -0.2) is 5.78 Å². The van der Waals surface area contributed by atoms with Gasteiger partial charge in [-0.25, -0.2) is 0 Å². The highest BCUT2D eigenvalue weighted by Crippen LogP contribution is 2.32. The van der Waals surface area contributed by atoms with Gasteiger partial charge in [0.15, 0.2) is 5.78 Å². The van der Waals surface area contributed by atoms with Gasteiger partial charge in [-0.05, 0) is 54.7 Å².